The maximum atomic E-state index is 11.9. The summed E-state index contributed by atoms with van der Waals surface area (Å²) in [7, 11) is 0. The van der Waals surface area contributed by atoms with Crippen molar-refractivity contribution in [1.82, 2.24) is 4.90 Å². The topological polar surface area (TPSA) is 99.0 Å². The van der Waals surface area contributed by atoms with Gasteiger partial charge in [-0.1, -0.05) is 11.6 Å². The molecule has 1 heterocycles. The molecule has 8 nitrogen and oxygen atoms in total. The van der Waals surface area contributed by atoms with Crippen LogP contribution in [0.25, 0.3) is 0 Å². The second-order valence-corrected chi connectivity index (χ2v) is 4.92. The zero-order valence-corrected chi connectivity index (χ0v) is 12.2. The number of rotatable bonds is 4. The SMILES string of the molecule is O=C(OCC(=O)N1CCOCC1)c1cc(Cl)ccc1[N+](=O)[O-]. The van der Waals surface area contributed by atoms with Gasteiger partial charge >= 0.3 is 5.97 Å². The Hall–Kier alpha value is -2.19. The summed E-state index contributed by atoms with van der Waals surface area (Å²) in [6.07, 6.45) is 0. The summed E-state index contributed by atoms with van der Waals surface area (Å²) in [5, 5.41) is 11.1. The molecule has 0 atom stereocenters. The predicted molar refractivity (Wildman–Crippen MR) is 75.8 cm³/mol. The molecule has 0 spiro atoms. The molecule has 0 radical (unpaired) electrons. The summed E-state index contributed by atoms with van der Waals surface area (Å²) in [5.74, 6) is -1.34. The van der Waals surface area contributed by atoms with Crippen molar-refractivity contribution in [2.24, 2.45) is 0 Å². The first kappa shape index (κ1) is 16.2. The van der Waals surface area contributed by atoms with E-state index in [2.05, 4.69) is 0 Å². The molecule has 0 aromatic heterocycles. The smallest absolute Gasteiger partial charge is 0.345 e. The number of amides is 1. The van der Waals surface area contributed by atoms with E-state index < -0.39 is 23.2 Å². The van der Waals surface area contributed by atoms with E-state index in [1.54, 1.807) is 0 Å². The minimum absolute atomic E-state index is 0.164. The van der Waals surface area contributed by atoms with Gasteiger partial charge < -0.3 is 14.4 Å². The fraction of sp³-hybridized carbons (Fsp3) is 0.385. The zero-order chi connectivity index (χ0) is 16.1. The van der Waals surface area contributed by atoms with E-state index in [-0.39, 0.29) is 16.5 Å². The molecule has 0 aliphatic carbocycles. The van der Waals surface area contributed by atoms with Crippen LogP contribution in [-0.2, 0) is 14.3 Å². The number of nitro groups is 1. The van der Waals surface area contributed by atoms with Crippen molar-refractivity contribution in [1.29, 1.82) is 0 Å². The second-order valence-electron chi connectivity index (χ2n) is 4.49. The van der Waals surface area contributed by atoms with Crippen molar-refractivity contribution in [3.05, 3.63) is 38.9 Å². The van der Waals surface area contributed by atoms with Crippen LogP contribution in [-0.4, -0.2) is 54.6 Å². The first-order valence-corrected chi connectivity index (χ1v) is 6.83. The molecule has 1 fully saturated rings. The van der Waals surface area contributed by atoms with Gasteiger partial charge in [0.25, 0.3) is 11.6 Å². The van der Waals surface area contributed by atoms with E-state index in [4.69, 9.17) is 21.1 Å². The molecular formula is C13H13ClN2O6. The Morgan fingerprint density at radius 1 is 1.36 bits per heavy atom. The van der Waals surface area contributed by atoms with Gasteiger partial charge in [-0.2, -0.15) is 0 Å². The Labute approximate surface area is 130 Å². The van der Waals surface area contributed by atoms with Crippen molar-refractivity contribution in [2.45, 2.75) is 0 Å². The molecule has 1 aromatic rings. The number of nitro benzene ring substituents is 1. The minimum Gasteiger partial charge on any atom is -0.452 e. The van der Waals surface area contributed by atoms with Crippen LogP contribution in [0.15, 0.2) is 18.2 Å². The predicted octanol–water partition coefficient (Wildman–Crippen LogP) is 1.26. The van der Waals surface area contributed by atoms with Crippen LogP contribution < -0.4 is 0 Å². The Bertz CT molecular complexity index is 600. The van der Waals surface area contributed by atoms with Gasteiger partial charge in [-0.05, 0) is 12.1 Å². The van der Waals surface area contributed by atoms with Crippen LogP contribution in [0.5, 0.6) is 0 Å². The molecule has 1 amide bonds. The van der Waals surface area contributed by atoms with Gasteiger partial charge in [-0.3, -0.25) is 14.9 Å². The Morgan fingerprint density at radius 3 is 2.68 bits per heavy atom. The maximum absolute atomic E-state index is 11.9. The number of carbonyl (C=O) groups excluding carboxylic acids is 2. The molecule has 1 aromatic carbocycles. The maximum Gasteiger partial charge on any atom is 0.345 e. The molecule has 2 rings (SSSR count). The van der Waals surface area contributed by atoms with Gasteiger partial charge in [0.1, 0.15) is 5.56 Å². The van der Waals surface area contributed by atoms with Gasteiger partial charge in [0.2, 0.25) is 0 Å². The standard InChI is InChI=1S/C13H13ClN2O6/c14-9-1-2-11(16(19)20)10(7-9)13(18)22-8-12(17)15-3-5-21-6-4-15/h1-2,7H,3-6,8H2. The van der Waals surface area contributed by atoms with E-state index in [9.17, 15) is 19.7 Å². The highest BCUT2D eigenvalue weighted by Gasteiger charge is 2.24. The third-order valence-corrected chi connectivity index (χ3v) is 3.30. The van der Waals surface area contributed by atoms with E-state index in [1.807, 2.05) is 0 Å². The fourth-order valence-corrected chi connectivity index (χ4v) is 2.11. The van der Waals surface area contributed by atoms with Gasteiger partial charge in [0, 0.05) is 24.2 Å². The molecule has 0 N–H and O–H groups in total. The molecule has 1 aliphatic heterocycles. The quantitative estimate of drug-likeness (QED) is 0.469. The first-order valence-electron chi connectivity index (χ1n) is 6.45. The lowest BCUT2D eigenvalue weighted by Gasteiger charge is -2.26. The summed E-state index contributed by atoms with van der Waals surface area (Å²) in [4.78, 5) is 35.5. The number of ether oxygens (including phenoxy) is 2. The van der Waals surface area contributed by atoms with Gasteiger partial charge in [-0.15, -0.1) is 0 Å². The van der Waals surface area contributed by atoms with Gasteiger partial charge in [0.05, 0.1) is 18.1 Å². The molecule has 1 aliphatic rings. The van der Waals surface area contributed by atoms with Gasteiger partial charge in [-0.25, -0.2) is 4.79 Å². The number of hydrogen-bond donors (Lipinski definition) is 0. The van der Waals surface area contributed by atoms with Crippen molar-refractivity contribution < 1.29 is 24.0 Å². The molecule has 0 saturated carbocycles. The van der Waals surface area contributed by atoms with Crippen LogP contribution >= 0.6 is 11.6 Å². The molecule has 0 unspecified atom stereocenters. The molecule has 0 bridgehead atoms. The Kier molecular flexibility index (Phi) is 5.29. The third kappa shape index (κ3) is 3.92. The van der Waals surface area contributed by atoms with Crippen molar-refractivity contribution in [3.63, 3.8) is 0 Å². The number of carbonyl (C=O) groups is 2. The molecule has 1 saturated heterocycles. The highest BCUT2D eigenvalue weighted by molar-refractivity contribution is 6.31. The average molecular weight is 329 g/mol. The largest absolute Gasteiger partial charge is 0.452 e. The van der Waals surface area contributed by atoms with Crippen LogP contribution in [0.3, 0.4) is 0 Å². The van der Waals surface area contributed by atoms with E-state index in [0.717, 1.165) is 12.1 Å². The van der Waals surface area contributed by atoms with Crippen molar-refractivity contribution >= 4 is 29.2 Å². The van der Waals surface area contributed by atoms with Crippen LogP contribution in [0.2, 0.25) is 5.02 Å². The van der Waals surface area contributed by atoms with Crippen molar-refractivity contribution in [2.75, 3.05) is 32.9 Å². The lowest BCUT2D eigenvalue weighted by atomic mass is 10.2. The van der Waals surface area contributed by atoms with E-state index in [1.165, 1.54) is 11.0 Å². The van der Waals surface area contributed by atoms with Crippen LogP contribution in [0.4, 0.5) is 5.69 Å². The number of benzene rings is 1. The molecule has 22 heavy (non-hydrogen) atoms. The lowest BCUT2D eigenvalue weighted by molar-refractivity contribution is -0.385. The monoisotopic (exact) mass is 328 g/mol. The first-order chi connectivity index (χ1) is 10.5. The summed E-state index contributed by atoms with van der Waals surface area (Å²) < 4.78 is 9.96. The number of morpholine rings is 1. The lowest BCUT2D eigenvalue weighted by Crippen LogP contribution is -2.42. The van der Waals surface area contributed by atoms with Crippen molar-refractivity contribution in [3.8, 4) is 0 Å². The normalized spacial score (nSPS) is 14.5. The summed E-state index contributed by atoms with van der Waals surface area (Å²) >= 11 is 5.73. The molecular weight excluding hydrogens is 316 g/mol. The summed E-state index contributed by atoms with van der Waals surface area (Å²) in [5.41, 5.74) is -0.708. The van der Waals surface area contributed by atoms with Crippen LogP contribution in [0.1, 0.15) is 10.4 Å². The molecule has 9 heteroatoms. The fourth-order valence-electron chi connectivity index (χ4n) is 1.94. The number of nitrogens with zero attached hydrogens (tertiary/aromatic N) is 2. The minimum atomic E-state index is -0.962. The zero-order valence-electron chi connectivity index (χ0n) is 11.5. The van der Waals surface area contributed by atoms with E-state index >= 15 is 0 Å². The number of hydrogen-bond acceptors (Lipinski definition) is 6. The summed E-state index contributed by atoms with van der Waals surface area (Å²) in [6, 6.07) is 3.55. The highest BCUT2D eigenvalue weighted by Crippen LogP contribution is 2.23. The Balaban J connectivity index is 2.01. The highest BCUT2D eigenvalue weighted by atomic mass is 35.5. The third-order valence-electron chi connectivity index (χ3n) is 3.07. The summed E-state index contributed by atoms with van der Waals surface area (Å²) in [6.45, 7) is 1.22. The number of esters is 1. The van der Waals surface area contributed by atoms with E-state index in [0.29, 0.717) is 26.3 Å². The van der Waals surface area contributed by atoms with Gasteiger partial charge in [0.15, 0.2) is 6.61 Å². The molecule has 118 valence electrons. The Morgan fingerprint density at radius 2 is 2.05 bits per heavy atom. The average Bonchev–Trinajstić information content (AvgIpc) is 2.52. The number of halogens is 1. The second kappa shape index (κ2) is 7.19. The van der Waals surface area contributed by atoms with Crippen LogP contribution in [0, 0.1) is 10.1 Å².